The van der Waals surface area contributed by atoms with Crippen molar-refractivity contribution < 1.29 is 4.79 Å². The number of aromatic nitrogens is 3. The molecular weight excluding hydrogens is 310 g/mol. The van der Waals surface area contributed by atoms with Crippen LogP contribution in [0.25, 0.3) is 0 Å². The van der Waals surface area contributed by atoms with E-state index in [0.717, 1.165) is 36.2 Å². The molecule has 23 heavy (non-hydrogen) atoms. The largest absolute Gasteiger partial charge is 0.355 e. The topological polar surface area (TPSA) is 73.9 Å². The van der Waals surface area contributed by atoms with Crippen LogP contribution < -0.4 is 5.32 Å². The van der Waals surface area contributed by atoms with E-state index >= 15 is 0 Å². The van der Waals surface area contributed by atoms with Crippen LogP contribution >= 0.6 is 11.8 Å². The number of nitrogens with zero attached hydrogens (tertiary/aromatic N) is 3. The molecule has 1 saturated carbocycles. The molecule has 0 spiro atoms. The Hall–Kier alpha value is -1.08. The van der Waals surface area contributed by atoms with Crippen LogP contribution in [0.4, 0.5) is 0 Å². The molecule has 1 unspecified atom stereocenters. The van der Waals surface area contributed by atoms with Gasteiger partial charge in [0.05, 0.1) is 12.1 Å². The van der Waals surface area contributed by atoms with Crippen molar-refractivity contribution >= 4 is 17.7 Å². The smallest absolute Gasteiger partial charge is 0.224 e. The zero-order valence-electron chi connectivity index (χ0n) is 13.7. The molecule has 1 aliphatic carbocycles. The molecule has 3 rings (SSSR count). The second-order valence-corrected chi connectivity index (χ2v) is 7.69. The summed E-state index contributed by atoms with van der Waals surface area (Å²) >= 11 is 1.61. The molecule has 2 N–H and O–H groups in total. The number of aromatic amines is 1. The Morgan fingerprint density at radius 2 is 2.17 bits per heavy atom. The minimum atomic E-state index is 0.169. The molecule has 0 bridgehead atoms. The molecule has 1 atom stereocenters. The lowest BCUT2D eigenvalue weighted by Gasteiger charge is -2.39. The third kappa shape index (κ3) is 4.94. The highest BCUT2D eigenvalue weighted by atomic mass is 32.2. The summed E-state index contributed by atoms with van der Waals surface area (Å²) in [5.41, 5.74) is 0. The Labute approximate surface area is 142 Å². The fraction of sp³-hybridized carbons (Fsp3) is 0.812. The van der Waals surface area contributed by atoms with E-state index in [2.05, 4.69) is 25.6 Å². The Morgan fingerprint density at radius 1 is 1.30 bits per heavy atom. The molecule has 1 aromatic rings. The first kappa shape index (κ1) is 16.8. The maximum absolute atomic E-state index is 12.4. The highest BCUT2D eigenvalue weighted by Gasteiger charge is 2.30. The summed E-state index contributed by atoms with van der Waals surface area (Å²) in [5, 5.41) is 14.3. The number of rotatable bonds is 6. The van der Waals surface area contributed by atoms with Crippen molar-refractivity contribution in [2.45, 2.75) is 56.0 Å². The number of likely N-dealkylation sites (tertiary alicyclic amines) is 1. The molecule has 6 nitrogen and oxygen atoms in total. The van der Waals surface area contributed by atoms with Gasteiger partial charge in [-0.05, 0) is 32.2 Å². The number of amides is 1. The predicted octanol–water partition coefficient (Wildman–Crippen LogP) is 2.06. The van der Waals surface area contributed by atoms with E-state index in [1.807, 2.05) is 0 Å². The maximum Gasteiger partial charge on any atom is 0.224 e. The molecule has 1 saturated heterocycles. The molecule has 2 heterocycles. The first-order valence-corrected chi connectivity index (χ1v) is 9.82. The van der Waals surface area contributed by atoms with Crippen molar-refractivity contribution in [1.29, 1.82) is 0 Å². The van der Waals surface area contributed by atoms with E-state index in [1.54, 1.807) is 18.0 Å². The average Bonchev–Trinajstić information content (AvgIpc) is 3.13. The number of hydrogen-bond donors (Lipinski definition) is 2. The number of carbonyl (C=O) groups is 1. The quantitative estimate of drug-likeness (QED) is 0.614. The van der Waals surface area contributed by atoms with E-state index in [9.17, 15) is 4.79 Å². The lowest BCUT2D eigenvalue weighted by molar-refractivity contribution is -0.127. The highest BCUT2D eigenvalue weighted by Crippen LogP contribution is 2.27. The van der Waals surface area contributed by atoms with Gasteiger partial charge in [-0.1, -0.05) is 19.3 Å². The normalized spacial score (nSPS) is 23.7. The van der Waals surface area contributed by atoms with Crippen molar-refractivity contribution in [3.05, 3.63) is 6.20 Å². The molecule has 1 amide bonds. The number of piperidine rings is 1. The Morgan fingerprint density at radius 3 is 2.96 bits per heavy atom. The van der Waals surface area contributed by atoms with Crippen molar-refractivity contribution in [3.63, 3.8) is 0 Å². The summed E-state index contributed by atoms with van der Waals surface area (Å²) < 4.78 is 0. The SMILES string of the molecule is O=C(NCCSc1cn[nH]n1)C1CCCN(C2CCCCC2)C1. The number of thioether (sulfide) groups is 1. The van der Waals surface area contributed by atoms with Crippen LogP contribution in [0.15, 0.2) is 11.2 Å². The maximum atomic E-state index is 12.4. The molecule has 1 aromatic heterocycles. The van der Waals surface area contributed by atoms with Crippen LogP contribution in [0.3, 0.4) is 0 Å². The number of hydrogen-bond acceptors (Lipinski definition) is 5. The standard InChI is InChI=1S/C16H27N5OS/c22-16(17-8-10-23-15-11-18-20-19-15)13-5-4-9-21(12-13)14-6-2-1-3-7-14/h11,13-14H,1-10,12H2,(H,17,22)(H,18,19,20). The van der Waals surface area contributed by atoms with Gasteiger partial charge in [-0.3, -0.25) is 9.69 Å². The third-order valence-electron chi connectivity index (χ3n) is 4.96. The lowest BCUT2D eigenvalue weighted by atomic mass is 9.90. The van der Waals surface area contributed by atoms with E-state index < -0.39 is 0 Å². The van der Waals surface area contributed by atoms with Gasteiger partial charge in [-0.2, -0.15) is 10.3 Å². The molecule has 128 valence electrons. The van der Waals surface area contributed by atoms with Gasteiger partial charge in [0.25, 0.3) is 0 Å². The van der Waals surface area contributed by atoms with E-state index in [4.69, 9.17) is 0 Å². The van der Waals surface area contributed by atoms with Gasteiger partial charge in [0.2, 0.25) is 5.91 Å². The average molecular weight is 337 g/mol. The molecule has 0 radical (unpaired) electrons. The summed E-state index contributed by atoms with van der Waals surface area (Å²) in [5.74, 6) is 1.23. The lowest BCUT2D eigenvalue weighted by Crippen LogP contribution is -2.47. The van der Waals surface area contributed by atoms with Crippen LogP contribution in [0.1, 0.15) is 44.9 Å². The van der Waals surface area contributed by atoms with Gasteiger partial charge < -0.3 is 5.32 Å². The number of nitrogens with one attached hydrogen (secondary N) is 2. The molecular formula is C16H27N5OS. The zero-order valence-corrected chi connectivity index (χ0v) is 14.5. The zero-order chi connectivity index (χ0) is 15.9. The second kappa shape index (κ2) is 8.68. The highest BCUT2D eigenvalue weighted by molar-refractivity contribution is 7.99. The first-order chi connectivity index (χ1) is 11.3. The van der Waals surface area contributed by atoms with Gasteiger partial charge >= 0.3 is 0 Å². The minimum Gasteiger partial charge on any atom is -0.355 e. The van der Waals surface area contributed by atoms with E-state index in [1.165, 1.54) is 38.6 Å². The van der Waals surface area contributed by atoms with Crippen molar-refractivity contribution in [2.24, 2.45) is 5.92 Å². The summed E-state index contributed by atoms with van der Waals surface area (Å²) in [6.45, 7) is 2.82. The van der Waals surface area contributed by atoms with Gasteiger partial charge in [-0.25, -0.2) is 0 Å². The van der Waals surface area contributed by atoms with Gasteiger partial charge in [0, 0.05) is 24.9 Å². The van der Waals surface area contributed by atoms with Crippen LogP contribution in [-0.2, 0) is 4.79 Å². The molecule has 2 fully saturated rings. The van der Waals surface area contributed by atoms with Gasteiger partial charge in [0.15, 0.2) is 0 Å². The monoisotopic (exact) mass is 337 g/mol. The fourth-order valence-corrected chi connectivity index (χ4v) is 4.38. The summed E-state index contributed by atoms with van der Waals surface area (Å²) in [4.78, 5) is 15.0. The van der Waals surface area contributed by atoms with Gasteiger partial charge in [-0.15, -0.1) is 16.9 Å². The van der Waals surface area contributed by atoms with Crippen molar-refractivity contribution in [1.82, 2.24) is 25.6 Å². The Bertz CT molecular complexity index is 475. The number of carbonyl (C=O) groups excluding carboxylic acids is 1. The van der Waals surface area contributed by atoms with E-state index in [0.29, 0.717) is 6.54 Å². The minimum absolute atomic E-state index is 0.169. The number of H-pyrrole nitrogens is 1. The Balaban J connectivity index is 1.38. The third-order valence-corrected chi connectivity index (χ3v) is 5.86. The van der Waals surface area contributed by atoms with Crippen molar-refractivity contribution in [2.75, 3.05) is 25.4 Å². The second-order valence-electron chi connectivity index (χ2n) is 6.57. The van der Waals surface area contributed by atoms with Crippen LogP contribution in [0.5, 0.6) is 0 Å². The summed E-state index contributed by atoms with van der Waals surface area (Å²) in [7, 11) is 0. The summed E-state index contributed by atoms with van der Waals surface area (Å²) in [6, 6.07) is 0.724. The molecule has 7 heteroatoms. The fourth-order valence-electron chi connectivity index (χ4n) is 3.73. The van der Waals surface area contributed by atoms with Crippen molar-refractivity contribution in [3.8, 4) is 0 Å². The van der Waals surface area contributed by atoms with Crippen LogP contribution in [0.2, 0.25) is 0 Å². The Kier molecular flexibility index (Phi) is 6.33. The molecule has 0 aromatic carbocycles. The van der Waals surface area contributed by atoms with Crippen LogP contribution in [-0.4, -0.2) is 57.6 Å². The first-order valence-electron chi connectivity index (χ1n) is 8.83. The van der Waals surface area contributed by atoms with E-state index in [-0.39, 0.29) is 11.8 Å². The molecule has 1 aliphatic heterocycles. The van der Waals surface area contributed by atoms with Gasteiger partial charge in [0.1, 0.15) is 5.03 Å². The molecule has 2 aliphatic rings. The summed E-state index contributed by atoms with van der Waals surface area (Å²) in [6.07, 6.45) is 10.6. The van der Waals surface area contributed by atoms with Crippen LogP contribution in [0, 0.1) is 5.92 Å². The predicted molar refractivity (Wildman–Crippen MR) is 91.3 cm³/mol.